The summed E-state index contributed by atoms with van der Waals surface area (Å²) in [5.74, 6) is 0. The van der Waals surface area contributed by atoms with Crippen molar-refractivity contribution < 1.29 is 8.42 Å². The lowest BCUT2D eigenvalue weighted by Crippen LogP contribution is -2.31. The quantitative estimate of drug-likeness (QED) is 0.804. The minimum absolute atomic E-state index is 0.102. The highest BCUT2D eigenvalue weighted by molar-refractivity contribution is 9.09. The SMILES string of the molecule is CCn1cnc(S(=O)(=O)NCC2(CBr)CC2)c1. The second-order valence-corrected chi connectivity index (χ2v) is 6.78. The number of nitrogens with zero attached hydrogens (tertiary/aromatic N) is 2. The molecule has 1 aliphatic rings. The van der Waals surface area contributed by atoms with Crippen molar-refractivity contribution in [1.82, 2.24) is 14.3 Å². The van der Waals surface area contributed by atoms with Crippen LogP contribution in [0.1, 0.15) is 19.8 Å². The standard InChI is InChI=1S/C10H16BrN3O2S/c1-2-14-5-9(12-8-14)17(15,16)13-7-10(6-11)3-4-10/h5,8,13H,2-4,6-7H2,1H3. The summed E-state index contributed by atoms with van der Waals surface area (Å²) < 4.78 is 28.3. The van der Waals surface area contributed by atoms with Gasteiger partial charge in [-0.3, -0.25) is 0 Å². The molecular formula is C10H16BrN3O2S. The summed E-state index contributed by atoms with van der Waals surface area (Å²) in [6, 6.07) is 0. The average molecular weight is 322 g/mol. The van der Waals surface area contributed by atoms with E-state index in [0.717, 1.165) is 18.2 Å². The van der Waals surface area contributed by atoms with Crippen LogP contribution in [0.25, 0.3) is 0 Å². The van der Waals surface area contributed by atoms with Crippen molar-refractivity contribution in [2.75, 3.05) is 11.9 Å². The van der Waals surface area contributed by atoms with Crippen LogP contribution in [-0.2, 0) is 16.6 Å². The summed E-state index contributed by atoms with van der Waals surface area (Å²) in [6.45, 7) is 3.14. The van der Waals surface area contributed by atoms with E-state index in [1.165, 1.54) is 6.33 Å². The van der Waals surface area contributed by atoms with Gasteiger partial charge in [-0.25, -0.2) is 18.1 Å². The first-order valence-electron chi connectivity index (χ1n) is 5.59. The number of alkyl halides is 1. The largest absolute Gasteiger partial charge is 0.336 e. The maximum atomic E-state index is 11.9. The Morgan fingerprint density at radius 2 is 2.29 bits per heavy atom. The predicted octanol–water partition coefficient (Wildman–Crippen LogP) is 1.36. The highest BCUT2D eigenvalue weighted by Gasteiger charge is 2.42. The van der Waals surface area contributed by atoms with Crippen LogP contribution in [0.4, 0.5) is 0 Å². The fourth-order valence-electron chi connectivity index (χ4n) is 1.51. The van der Waals surface area contributed by atoms with Crippen molar-refractivity contribution >= 4 is 26.0 Å². The van der Waals surface area contributed by atoms with E-state index in [1.807, 2.05) is 6.92 Å². The fraction of sp³-hybridized carbons (Fsp3) is 0.700. The van der Waals surface area contributed by atoms with Crippen molar-refractivity contribution in [1.29, 1.82) is 0 Å². The second-order valence-electron chi connectivity index (χ2n) is 4.50. The number of nitrogens with one attached hydrogen (secondary N) is 1. The van der Waals surface area contributed by atoms with Crippen molar-refractivity contribution in [3.05, 3.63) is 12.5 Å². The van der Waals surface area contributed by atoms with E-state index in [0.29, 0.717) is 13.1 Å². The van der Waals surface area contributed by atoms with Gasteiger partial charge in [0.25, 0.3) is 10.0 Å². The molecule has 0 amide bonds. The van der Waals surface area contributed by atoms with Gasteiger partial charge in [-0.05, 0) is 25.2 Å². The van der Waals surface area contributed by atoms with Crippen molar-refractivity contribution in [2.24, 2.45) is 5.41 Å². The molecule has 0 bridgehead atoms. The zero-order chi connectivity index (χ0) is 12.5. The van der Waals surface area contributed by atoms with Gasteiger partial charge < -0.3 is 4.57 Å². The molecule has 1 fully saturated rings. The molecule has 1 heterocycles. The molecule has 0 aromatic carbocycles. The summed E-state index contributed by atoms with van der Waals surface area (Å²) in [6.07, 6.45) is 5.23. The van der Waals surface area contributed by atoms with E-state index in [9.17, 15) is 8.42 Å². The van der Waals surface area contributed by atoms with Crippen LogP contribution in [0.15, 0.2) is 17.6 Å². The molecule has 0 spiro atoms. The molecule has 0 atom stereocenters. The van der Waals surface area contributed by atoms with E-state index in [1.54, 1.807) is 10.8 Å². The predicted molar refractivity (Wildman–Crippen MR) is 68.6 cm³/mol. The monoisotopic (exact) mass is 321 g/mol. The summed E-state index contributed by atoms with van der Waals surface area (Å²) in [4.78, 5) is 3.91. The van der Waals surface area contributed by atoms with E-state index >= 15 is 0 Å². The van der Waals surface area contributed by atoms with Gasteiger partial charge in [-0.15, -0.1) is 0 Å². The Morgan fingerprint density at radius 1 is 1.59 bits per heavy atom. The Labute approximate surface area is 110 Å². The first-order chi connectivity index (χ1) is 8.01. The molecule has 0 unspecified atom stereocenters. The van der Waals surface area contributed by atoms with E-state index in [2.05, 4.69) is 25.6 Å². The highest BCUT2D eigenvalue weighted by atomic mass is 79.9. The normalized spacial score (nSPS) is 18.2. The van der Waals surface area contributed by atoms with Crippen molar-refractivity contribution in [2.45, 2.75) is 31.3 Å². The average Bonchev–Trinajstić information content (AvgIpc) is 2.94. The second kappa shape index (κ2) is 4.70. The molecule has 2 rings (SSSR count). The van der Waals surface area contributed by atoms with Crippen molar-refractivity contribution in [3.8, 4) is 0 Å². The minimum atomic E-state index is -3.46. The van der Waals surface area contributed by atoms with Crippen LogP contribution >= 0.6 is 15.9 Å². The van der Waals surface area contributed by atoms with Crippen LogP contribution in [0.2, 0.25) is 0 Å². The van der Waals surface area contributed by atoms with Gasteiger partial charge in [-0.1, -0.05) is 15.9 Å². The summed E-state index contributed by atoms with van der Waals surface area (Å²) in [7, 11) is -3.46. The van der Waals surface area contributed by atoms with Gasteiger partial charge >= 0.3 is 0 Å². The Hall–Kier alpha value is -0.400. The third kappa shape index (κ3) is 2.89. The molecule has 0 saturated heterocycles. The van der Waals surface area contributed by atoms with Gasteiger partial charge in [0.05, 0.1) is 6.33 Å². The summed E-state index contributed by atoms with van der Waals surface area (Å²) >= 11 is 3.42. The molecular weight excluding hydrogens is 306 g/mol. The number of hydrogen-bond donors (Lipinski definition) is 1. The van der Waals surface area contributed by atoms with Crippen molar-refractivity contribution in [3.63, 3.8) is 0 Å². The molecule has 17 heavy (non-hydrogen) atoms. The van der Waals surface area contributed by atoms with Gasteiger partial charge in [0.1, 0.15) is 0 Å². The highest BCUT2D eigenvalue weighted by Crippen LogP contribution is 2.46. The van der Waals surface area contributed by atoms with E-state index < -0.39 is 10.0 Å². The zero-order valence-electron chi connectivity index (χ0n) is 9.69. The van der Waals surface area contributed by atoms with Crippen LogP contribution in [0.5, 0.6) is 0 Å². The Bertz CT molecular complexity index is 493. The molecule has 1 aromatic heterocycles. The van der Waals surface area contributed by atoms with Crippen LogP contribution in [0, 0.1) is 5.41 Å². The van der Waals surface area contributed by atoms with Gasteiger partial charge in [0, 0.05) is 24.6 Å². The molecule has 1 aromatic rings. The summed E-state index contributed by atoms with van der Waals surface area (Å²) in [5, 5.41) is 0.941. The third-order valence-corrected chi connectivity index (χ3v) is 5.60. The minimum Gasteiger partial charge on any atom is -0.336 e. The lowest BCUT2D eigenvalue weighted by Gasteiger charge is -2.11. The first-order valence-corrected chi connectivity index (χ1v) is 8.19. The summed E-state index contributed by atoms with van der Waals surface area (Å²) in [5.41, 5.74) is 0.125. The molecule has 7 heteroatoms. The molecule has 0 aliphatic heterocycles. The number of halogens is 1. The Balaban J connectivity index is 2.03. The maximum absolute atomic E-state index is 11.9. The molecule has 1 saturated carbocycles. The lowest BCUT2D eigenvalue weighted by molar-refractivity contribution is 0.536. The van der Waals surface area contributed by atoms with Gasteiger partial charge in [0.2, 0.25) is 0 Å². The van der Waals surface area contributed by atoms with E-state index in [4.69, 9.17) is 0 Å². The molecule has 5 nitrogen and oxygen atoms in total. The van der Waals surface area contributed by atoms with Crippen LogP contribution in [-0.4, -0.2) is 29.8 Å². The van der Waals surface area contributed by atoms with Crippen LogP contribution in [0.3, 0.4) is 0 Å². The number of rotatable bonds is 6. The van der Waals surface area contributed by atoms with Gasteiger partial charge in [-0.2, -0.15) is 0 Å². The smallest absolute Gasteiger partial charge is 0.259 e. The molecule has 0 radical (unpaired) electrons. The number of sulfonamides is 1. The fourth-order valence-corrected chi connectivity index (χ4v) is 3.37. The molecule has 96 valence electrons. The first kappa shape index (κ1) is 13.0. The topological polar surface area (TPSA) is 64.0 Å². The van der Waals surface area contributed by atoms with Crippen LogP contribution < -0.4 is 4.72 Å². The number of aryl methyl sites for hydroxylation is 1. The molecule has 1 aliphatic carbocycles. The van der Waals surface area contributed by atoms with Gasteiger partial charge in [0.15, 0.2) is 5.03 Å². The number of aromatic nitrogens is 2. The maximum Gasteiger partial charge on any atom is 0.259 e. The Kier molecular flexibility index (Phi) is 3.61. The third-order valence-electron chi connectivity index (χ3n) is 3.13. The van der Waals surface area contributed by atoms with E-state index in [-0.39, 0.29) is 10.4 Å². The molecule has 1 N–H and O–H groups in total. The number of hydrogen-bond acceptors (Lipinski definition) is 3. The number of imidazole rings is 1. The Morgan fingerprint density at radius 3 is 2.76 bits per heavy atom. The lowest BCUT2D eigenvalue weighted by atomic mass is 10.1. The zero-order valence-corrected chi connectivity index (χ0v) is 12.1.